The Bertz CT molecular complexity index is 891. The van der Waals surface area contributed by atoms with Gasteiger partial charge < -0.3 is 9.47 Å². The van der Waals surface area contributed by atoms with Gasteiger partial charge in [-0.3, -0.25) is 40.9 Å². The zero-order valence-electron chi connectivity index (χ0n) is 18.1. The number of amides is 4. The van der Waals surface area contributed by atoms with Crippen LogP contribution >= 0.6 is 23.2 Å². The minimum Gasteiger partial charge on any atom is -0.484 e. The van der Waals surface area contributed by atoms with Crippen LogP contribution < -0.4 is 31.2 Å². The summed E-state index contributed by atoms with van der Waals surface area (Å²) < 4.78 is 10.5. The zero-order chi connectivity index (χ0) is 24.8. The number of carbonyl (C=O) groups excluding carboxylic acids is 4. The van der Waals surface area contributed by atoms with Crippen molar-refractivity contribution in [2.75, 3.05) is 13.2 Å². The number of hydrazine groups is 2. The number of hydrogen-bond donors (Lipinski definition) is 4. The molecule has 0 fully saturated rings. The summed E-state index contributed by atoms with van der Waals surface area (Å²) in [5.41, 5.74) is 9.01. The van der Waals surface area contributed by atoms with E-state index in [4.69, 9.17) is 32.7 Å². The lowest BCUT2D eigenvalue weighted by molar-refractivity contribution is -0.130. The van der Waals surface area contributed by atoms with Crippen molar-refractivity contribution in [3.63, 3.8) is 0 Å². The molecule has 0 aliphatic heterocycles. The van der Waals surface area contributed by atoms with Gasteiger partial charge in [0, 0.05) is 22.9 Å². The summed E-state index contributed by atoms with van der Waals surface area (Å²) in [6.45, 7) is -0.558. The van der Waals surface area contributed by atoms with Gasteiger partial charge in [0.25, 0.3) is 11.8 Å². The minimum atomic E-state index is -0.529. The fraction of sp³-hybridized carbons (Fsp3) is 0.273. The molecule has 0 atom stereocenters. The molecule has 0 unspecified atom stereocenters. The Kier molecular flexibility index (Phi) is 11.5. The highest BCUT2D eigenvalue weighted by molar-refractivity contribution is 6.30. The maximum Gasteiger partial charge on any atom is 0.276 e. The molecule has 0 saturated carbocycles. The van der Waals surface area contributed by atoms with E-state index in [0.29, 0.717) is 34.4 Å². The van der Waals surface area contributed by atoms with Crippen LogP contribution in [0.5, 0.6) is 11.5 Å². The first-order valence-corrected chi connectivity index (χ1v) is 11.0. The standard InChI is InChI=1S/C22H24Cl2N4O6/c23-15-5-9-17(10-6-15)33-13-21(31)27-25-19(29)3-1-2-4-20(30)26-28-22(32)14-34-18-11-7-16(24)8-12-18/h5-12H,1-4,13-14H2,(H,25,29)(H,26,30)(H,27,31)(H,28,32). The van der Waals surface area contributed by atoms with E-state index in [2.05, 4.69) is 21.7 Å². The first-order chi connectivity index (χ1) is 16.3. The number of rotatable bonds is 11. The Morgan fingerprint density at radius 1 is 0.559 bits per heavy atom. The summed E-state index contributed by atoms with van der Waals surface area (Å²) in [6.07, 6.45) is 1.02. The Labute approximate surface area is 206 Å². The fourth-order valence-electron chi connectivity index (χ4n) is 2.41. The molecule has 0 bridgehead atoms. The van der Waals surface area contributed by atoms with E-state index in [0.717, 1.165) is 0 Å². The van der Waals surface area contributed by atoms with Crippen molar-refractivity contribution in [1.29, 1.82) is 0 Å². The van der Waals surface area contributed by atoms with Crippen molar-refractivity contribution in [3.8, 4) is 11.5 Å². The number of benzene rings is 2. The molecule has 0 aliphatic carbocycles. The van der Waals surface area contributed by atoms with Gasteiger partial charge in [0.15, 0.2) is 13.2 Å². The number of ether oxygens (including phenoxy) is 2. The lowest BCUT2D eigenvalue weighted by atomic mass is 10.2. The maximum absolute atomic E-state index is 11.8. The van der Waals surface area contributed by atoms with Crippen LogP contribution in [0.15, 0.2) is 48.5 Å². The molecule has 0 spiro atoms. The molecule has 12 heteroatoms. The lowest BCUT2D eigenvalue weighted by Crippen LogP contribution is -2.44. The molecule has 0 radical (unpaired) electrons. The Hall–Kier alpha value is -3.50. The highest BCUT2D eigenvalue weighted by Crippen LogP contribution is 2.16. The molecule has 2 rings (SSSR count). The molecule has 4 amide bonds. The number of hydrogen-bond acceptors (Lipinski definition) is 6. The molecule has 0 aliphatic rings. The van der Waals surface area contributed by atoms with Crippen molar-refractivity contribution in [2.45, 2.75) is 25.7 Å². The Morgan fingerprint density at radius 3 is 1.24 bits per heavy atom. The van der Waals surface area contributed by atoms with E-state index < -0.39 is 23.6 Å². The van der Waals surface area contributed by atoms with Crippen molar-refractivity contribution in [2.24, 2.45) is 0 Å². The topological polar surface area (TPSA) is 135 Å². The normalized spacial score (nSPS) is 10.1. The monoisotopic (exact) mass is 510 g/mol. The largest absolute Gasteiger partial charge is 0.484 e. The SMILES string of the molecule is O=C(CCCCC(=O)NNC(=O)COc1ccc(Cl)cc1)NNC(=O)COc1ccc(Cl)cc1. The van der Waals surface area contributed by atoms with Gasteiger partial charge in [-0.25, -0.2) is 0 Å². The predicted octanol–water partition coefficient (Wildman–Crippen LogP) is 2.31. The molecule has 34 heavy (non-hydrogen) atoms. The van der Waals surface area contributed by atoms with E-state index >= 15 is 0 Å². The minimum absolute atomic E-state index is 0.104. The average molecular weight is 511 g/mol. The van der Waals surface area contributed by atoms with Gasteiger partial charge in [-0.15, -0.1) is 0 Å². The summed E-state index contributed by atoms with van der Waals surface area (Å²) >= 11 is 11.5. The summed E-state index contributed by atoms with van der Waals surface area (Å²) in [5, 5.41) is 1.09. The smallest absolute Gasteiger partial charge is 0.276 e. The van der Waals surface area contributed by atoms with Crippen LogP contribution in [0.4, 0.5) is 0 Å². The Balaban J connectivity index is 1.48. The maximum atomic E-state index is 11.8. The first kappa shape index (κ1) is 26.7. The van der Waals surface area contributed by atoms with Crippen LogP contribution in [-0.2, 0) is 19.2 Å². The first-order valence-electron chi connectivity index (χ1n) is 10.2. The number of unbranched alkanes of at least 4 members (excludes halogenated alkanes) is 1. The number of nitrogens with one attached hydrogen (secondary N) is 4. The van der Waals surface area contributed by atoms with Gasteiger partial charge >= 0.3 is 0 Å². The molecular formula is C22H24Cl2N4O6. The lowest BCUT2D eigenvalue weighted by Gasteiger charge is -2.09. The second kappa shape index (κ2) is 14.6. The summed E-state index contributed by atoms with van der Waals surface area (Å²) in [5.74, 6) is -0.943. The van der Waals surface area contributed by atoms with Crippen LogP contribution in [0, 0.1) is 0 Å². The van der Waals surface area contributed by atoms with Crippen LogP contribution in [0.3, 0.4) is 0 Å². The quantitative estimate of drug-likeness (QED) is 0.270. The summed E-state index contributed by atoms with van der Waals surface area (Å²) in [7, 11) is 0. The van der Waals surface area contributed by atoms with Crippen LogP contribution in [-0.4, -0.2) is 36.8 Å². The highest BCUT2D eigenvalue weighted by Gasteiger charge is 2.08. The van der Waals surface area contributed by atoms with Gasteiger partial charge in [-0.05, 0) is 61.4 Å². The summed E-state index contributed by atoms with van der Waals surface area (Å²) in [6, 6.07) is 13.0. The van der Waals surface area contributed by atoms with Gasteiger partial charge in [-0.2, -0.15) is 0 Å². The number of halogens is 2. The molecule has 0 heterocycles. The molecule has 4 N–H and O–H groups in total. The number of carbonyl (C=O) groups is 4. The van der Waals surface area contributed by atoms with Gasteiger partial charge in [0.2, 0.25) is 11.8 Å². The second-order valence-electron chi connectivity index (χ2n) is 6.89. The third-order valence-electron chi connectivity index (χ3n) is 4.11. The fourth-order valence-corrected chi connectivity index (χ4v) is 2.66. The Morgan fingerprint density at radius 2 is 0.882 bits per heavy atom. The van der Waals surface area contributed by atoms with Gasteiger partial charge in [-0.1, -0.05) is 23.2 Å². The molecule has 182 valence electrons. The van der Waals surface area contributed by atoms with Crippen LogP contribution in [0.1, 0.15) is 25.7 Å². The van der Waals surface area contributed by atoms with E-state index in [9.17, 15) is 19.2 Å². The molecular weight excluding hydrogens is 487 g/mol. The second-order valence-corrected chi connectivity index (χ2v) is 7.76. The predicted molar refractivity (Wildman–Crippen MR) is 125 cm³/mol. The van der Waals surface area contributed by atoms with E-state index in [1.807, 2.05) is 0 Å². The highest BCUT2D eigenvalue weighted by atomic mass is 35.5. The van der Waals surface area contributed by atoms with Crippen LogP contribution in [0.2, 0.25) is 10.0 Å². The van der Waals surface area contributed by atoms with E-state index in [1.54, 1.807) is 48.5 Å². The third-order valence-corrected chi connectivity index (χ3v) is 4.61. The third kappa shape index (κ3) is 11.4. The molecule has 0 aromatic heterocycles. The van der Waals surface area contributed by atoms with Crippen molar-refractivity contribution >= 4 is 46.8 Å². The van der Waals surface area contributed by atoms with Gasteiger partial charge in [0.05, 0.1) is 0 Å². The van der Waals surface area contributed by atoms with Crippen molar-refractivity contribution < 1.29 is 28.7 Å². The van der Waals surface area contributed by atoms with Crippen molar-refractivity contribution in [1.82, 2.24) is 21.7 Å². The molecule has 2 aromatic rings. The zero-order valence-corrected chi connectivity index (χ0v) is 19.6. The van der Waals surface area contributed by atoms with Crippen molar-refractivity contribution in [3.05, 3.63) is 58.6 Å². The molecule has 2 aromatic carbocycles. The van der Waals surface area contributed by atoms with E-state index in [1.165, 1.54) is 0 Å². The molecule has 0 saturated heterocycles. The molecule has 10 nitrogen and oxygen atoms in total. The van der Waals surface area contributed by atoms with Gasteiger partial charge in [0.1, 0.15) is 11.5 Å². The average Bonchev–Trinajstić information content (AvgIpc) is 2.83. The van der Waals surface area contributed by atoms with Crippen LogP contribution in [0.25, 0.3) is 0 Å². The summed E-state index contributed by atoms with van der Waals surface area (Å²) in [4.78, 5) is 46.9. The van der Waals surface area contributed by atoms with E-state index in [-0.39, 0.29) is 26.1 Å².